The molecule has 1 aliphatic heterocycles. The van der Waals surface area contributed by atoms with E-state index in [0.717, 1.165) is 43.5 Å². The highest BCUT2D eigenvalue weighted by Crippen LogP contribution is 2.28. The van der Waals surface area contributed by atoms with Crippen LogP contribution >= 0.6 is 0 Å². The van der Waals surface area contributed by atoms with Gasteiger partial charge in [0.15, 0.2) is 5.82 Å². The normalized spacial score (nSPS) is 18.7. The van der Waals surface area contributed by atoms with Crippen molar-refractivity contribution in [2.75, 3.05) is 41.8 Å². The Labute approximate surface area is 160 Å². The van der Waals surface area contributed by atoms with Gasteiger partial charge in [0.25, 0.3) is 0 Å². The number of hydrogen-bond acceptors (Lipinski definition) is 7. The third-order valence-corrected chi connectivity index (χ3v) is 5.27. The zero-order valence-electron chi connectivity index (χ0n) is 15.7. The molecule has 0 amide bonds. The van der Waals surface area contributed by atoms with E-state index in [1.165, 1.54) is 38.5 Å². The van der Waals surface area contributed by atoms with Gasteiger partial charge in [0.2, 0.25) is 5.95 Å². The molecular weight excluding hydrogens is 340 g/mol. The molecule has 1 saturated carbocycles. The second kappa shape index (κ2) is 8.99. The van der Waals surface area contributed by atoms with Crippen LogP contribution in [0.3, 0.4) is 0 Å². The molecule has 0 radical (unpaired) electrons. The number of para-hydroxylation sites is 2. The summed E-state index contributed by atoms with van der Waals surface area (Å²) in [6.45, 7) is 3.29. The van der Waals surface area contributed by atoms with Crippen LogP contribution in [0.15, 0.2) is 30.5 Å². The van der Waals surface area contributed by atoms with Crippen molar-refractivity contribution < 1.29 is 4.74 Å². The lowest BCUT2D eigenvalue weighted by atomic mass is 10.1. The van der Waals surface area contributed by atoms with Gasteiger partial charge in [0.1, 0.15) is 0 Å². The van der Waals surface area contributed by atoms with Crippen LogP contribution in [-0.2, 0) is 4.74 Å². The molecule has 27 heavy (non-hydrogen) atoms. The number of nitrogens with zero attached hydrogens (tertiary/aromatic N) is 4. The smallest absolute Gasteiger partial charge is 0.249 e. The van der Waals surface area contributed by atoms with Crippen LogP contribution < -0.4 is 15.5 Å². The molecule has 0 spiro atoms. The van der Waals surface area contributed by atoms with Gasteiger partial charge in [-0.15, -0.1) is 5.10 Å². The number of ether oxygens (including phenoxy) is 1. The zero-order valence-corrected chi connectivity index (χ0v) is 15.7. The lowest BCUT2D eigenvalue weighted by molar-refractivity contribution is 0.123. The van der Waals surface area contributed by atoms with Crippen molar-refractivity contribution in [2.45, 2.75) is 44.6 Å². The van der Waals surface area contributed by atoms with Crippen molar-refractivity contribution in [2.24, 2.45) is 0 Å². The first-order chi connectivity index (χ1) is 13.4. The van der Waals surface area contributed by atoms with Crippen LogP contribution in [0, 0.1) is 0 Å². The Morgan fingerprint density at radius 2 is 1.78 bits per heavy atom. The van der Waals surface area contributed by atoms with Gasteiger partial charge in [0.05, 0.1) is 30.8 Å². The highest BCUT2D eigenvalue weighted by Gasteiger charge is 2.16. The molecule has 7 heteroatoms. The second-order valence-electron chi connectivity index (χ2n) is 7.24. The van der Waals surface area contributed by atoms with Crippen LogP contribution in [0.1, 0.15) is 38.5 Å². The molecule has 2 aromatic rings. The van der Waals surface area contributed by atoms with Gasteiger partial charge in [-0.25, -0.2) is 0 Å². The van der Waals surface area contributed by atoms with Crippen molar-refractivity contribution in [1.82, 2.24) is 15.2 Å². The first-order valence-electron chi connectivity index (χ1n) is 10.0. The first kappa shape index (κ1) is 18.0. The molecule has 2 N–H and O–H groups in total. The highest BCUT2D eigenvalue weighted by atomic mass is 16.5. The summed E-state index contributed by atoms with van der Waals surface area (Å²) < 4.78 is 5.47. The van der Waals surface area contributed by atoms with Crippen LogP contribution in [0.4, 0.5) is 23.1 Å². The predicted octanol–water partition coefficient (Wildman–Crippen LogP) is 3.59. The monoisotopic (exact) mass is 368 g/mol. The van der Waals surface area contributed by atoms with E-state index in [4.69, 9.17) is 4.74 Å². The van der Waals surface area contributed by atoms with Crippen LogP contribution in [0.2, 0.25) is 0 Å². The number of hydrogen-bond donors (Lipinski definition) is 2. The molecule has 2 aliphatic rings. The average Bonchev–Trinajstić information content (AvgIpc) is 2.98. The summed E-state index contributed by atoms with van der Waals surface area (Å²) in [6, 6.07) is 8.73. The zero-order chi connectivity index (χ0) is 18.3. The number of rotatable bonds is 5. The third kappa shape index (κ3) is 4.86. The maximum Gasteiger partial charge on any atom is 0.249 e. The Hall–Kier alpha value is -2.41. The minimum atomic E-state index is 0.484. The molecule has 0 unspecified atom stereocenters. The van der Waals surface area contributed by atoms with Gasteiger partial charge in [-0.05, 0) is 25.0 Å². The van der Waals surface area contributed by atoms with E-state index in [1.807, 2.05) is 6.07 Å². The quantitative estimate of drug-likeness (QED) is 0.781. The van der Waals surface area contributed by atoms with Gasteiger partial charge >= 0.3 is 0 Å². The van der Waals surface area contributed by atoms with Gasteiger partial charge in [-0.2, -0.15) is 10.1 Å². The summed E-state index contributed by atoms with van der Waals surface area (Å²) in [5.74, 6) is 1.32. The maximum absolute atomic E-state index is 5.47. The van der Waals surface area contributed by atoms with E-state index in [1.54, 1.807) is 6.20 Å². The molecule has 7 nitrogen and oxygen atoms in total. The van der Waals surface area contributed by atoms with Crippen molar-refractivity contribution in [3.05, 3.63) is 30.5 Å². The van der Waals surface area contributed by atoms with Crippen molar-refractivity contribution in [3.63, 3.8) is 0 Å². The van der Waals surface area contributed by atoms with Crippen molar-refractivity contribution in [1.29, 1.82) is 0 Å². The Kier molecular flexibility index (Phi) is 5.99. The lowest BCUT2D eigenvalue weighted by Crippen LogP contribution is -2.36. The highest BCUT2D eigenvalue weighted by molar-refractivity contribution is 5.73. The lowest BCUT2D eigenvalue weighted by Gasteiger charge is -2.30. The molecule has 0 atom stereocenters. The van der Waals surface area contributed by atoms with Gasteiger partial charge in [-0.3, -0.25) is 0 Å². The fourth-order valence-electron chi connectivity index (χ4n) is 3.84. The Morgan fingerprint density at radius 3 is 2.59 bits per heavy atom. The molecule has 0 bridgehead atoms. The third-order valence-electron chi connectivity index (χ3n) is 5.27. The molecule has 2 fully saturated rings. The van der Waals surface area contributed by atoms with Crippen LogP contribution in [0.25, 0.3) is 0 Å². The summed E-state index contributed by atoms with van der Waals surface area (Å²) in [5, 5.41) is 15.2. The van der Waals surface area contributed by atoms with E-state index in [2.05, 4.69) is 48.9 Å². The molecular formula is C20H28N6O. The SMILES string of the molecule is c1ccc(N2CCOCC2)c(Nc2nncc(NC3CCCCCC3)n2)c1. The molecule has 2 heterocycles. The minimum Gasteiger partial charge on any atom is -0.378 e. The van der Waals surface area contributed by atoms with E-state index >= 15 is 0 Å². The van der Waals surface area contributed by atoms with Gasteiger partial charge in [0, 0.05) is 19.1 Å². The fourth-order valence-corrected chi connectivity index (χ4v) is 3.84. The Bertz CT molecular complexity index is 726. The number of anilines is 4. The second-order valence-corrected chi connectivity index (χ2v) is 7.24. The first-order valence-corrected chi connectivity index (χ1v) is 10.0. The number of nitrogens with one attached hydrogen (secondary N) is 2. The summed E-state index contributed by atoms with van der Waals surface area (Å²) >= 11 is 0. The van der Waals surface area contributed by atoms with E-state index in [-0.39, 0.29) is 0 Å². The maximum atomic E-state index is 5.47. The van der Waals surface area contributed by atoms with Crippen molar-refractivity contribution >= 4 is 23.1 Å². The van der Waals surface area contributed by atoms with Crippen LogP contribution in [-0.4, -0.2) is 47.5 Å². The predicted molar refractivity (Wildman–Crippen MR) is 108 cm³/mol. The summed E-state index contributed by atoms with van der Waals surface area (Å²) in [5.41, 5.74) is 2.14. The summed E-state index contributed by atoms with van der Waals surface area (Å²) in [4.78, 5) is 6.97. The number of benzene rings is 1. The number of morpholine rings is 1. The molecule has 1 aliphatic carbocycles. The summed E-state index contributed by atoms with van der Waals surface area (Å²) in [6.07, 6.45) is 9.36. The topological polar surface area (TPSA) is 75.2 Å². The standard InChI is InChI=1S/C20H28N6O/c1-2-4-8-16(7-3-1)22-19-15-21-25-20(24-19)23-17-9-5-6-10-18(17)26-11-13-27-14-12-26/h5-6,9-10,15-16H,1-4,7-8,11-14H2,(H2,22,23,24,25). The fraction of sp³-hybridized carbons (Fsp3) is 0.550. The van der Waals surface area contributed by atoms with E-state index in [0.29, 0.717) is 12.0 Å². The van der Waals surface area contributed by atoms with Crippen molar-refractivity contribution in [3.8, 4) is 0 Å². The molecule has 1 aromatic carbocycles. The Balaban J connectivity index is 1.47. The van der Waals surface area contributed by atoms with E-state index < -0.39 is 0 Å². The number of aromatic nitrogens is 3. The average molecular weight is 368 g/mol. The van der Waals surface area contributed by atoms with Crippen LogP contribution in [0.5, 0.6) is 0 Å². The molecule has 4 rings (SSSR count). The minimum absolute atomic E-state index is 0.484. The van der Waals surface area contributed by atoms with E-state index in [9.17, 15) is 0 Å². The van der Waals surface area contributed by atoms with Gasteiger partial charge < -0.3 is 20.3 Å². The van der Waals surface area contributed by atoms with Gasteiger partial charge in [-0.1, -0.05) is 37.8 Å². The largest absolute Gasteiger partial charge is 0.378 e. The molecule has 144 valence electrons. The molecule has 1 saturated heterocycles. The Morgan fingerprint density at radius 1 is 1.00 bits per heavy atom. The summed E-state index contributed by atoms with van der Waals surface area (Å²) in [7, 11) is 0. The molecule has 1 aromatic heterocycles.